The zero-order chi connectivity index (χ0) is 19.9. The van der Waals surface area contributed by atoms with Crippen LogP contribution in [0.1, 0.15) is 41.2 Å². The highest BCUT2D eigenvalue weighted by atomic mass is 16.5. The van der Waals surface area contributed by atoms with Crippen LogP contribution in [-0.4, -0.2) is 34.0 Å². The zero-order valence-corrected chi connectivity index (χ0v) is 16.6. The van der Waals surface area contributed by atoms with E-state index < -0.39 is 0 Å². The molecule has 0 unspecified atom stereocenters. The molecule has 0 fully saturated rings. The standard InChI is InChI=1S/C22H26N4O2/c1-4-26(5-2)15-20-9-7-6-8-19(20)14-23-21(27)17-10-12-18(13-11-17)22-24-16(3)25-28-22/h6-13H,4-5,14-15H2,1-3H3,(H,23,27). The molecule has 0 atom stereocenters. The van der Waals surface area contributed by atoms with Gasteiger partial charge in [0.25, 0.3) is 11.8 Å². The van der Waals surface area contributed by atoms with E-state index in [4.69, 9.17) is 4.52 Å². The molecule has 0 saturated carbocycles. The van der Waals surface area contributed by atoms with Crippen LogP contribution in [0.5, 0.6) is 0 Å². The van der Waals surface area contributed by atoms with Crippen LogP contribution < -0.4 is 5.32 Å². The molecule has 0 aliphatic rings. The van der Waals surface area contributed by atoms with E-state index in [9.17, 15) is 4.79 Å². The van der Waals surface area contributed by atoms with Crippen molar-refractivity contribution in [2.45, 2.75) is 33.9 Å². The summed E-state index contributed by atoms with van der Waals surface area (Å²) in [5.74, 6) is 0.931. The molecule has 28 heavy (non-hydrogen) atoms. The SMILES string of the molecule is CCN(CC)Cc1ccccc1CNC(=O)c1ccc(-c2nc(C)no2)cc1. The minimum absolute atomic E-state index is 0.106. The Labute approximate surface area is 165 Å². The third-order valence-corrected chi connectivity index (χ3v) is 4.77. The summed E-state index contributed by atoms with van der Waals surface area (Å²) in [7, 11) is 0. The summed E-state index contributed by atoms with van der Waals surface area (Å²) in [6.07, 6.45) is 0. The van der Waals surface area contributed by atoms with Crippen molar-refractivity contribution < 1.29 is 9.32 Å². The van der Waals surface area contributed by atoms with E-state index in [1.807, 2.05) is 24.3 Å². The number of carbonyl (C=O) groups excluding carboxylic acids is 1. The molecule has 6 heteroatoms. The minimum atomic E-state index is -0.106. The van der Waals surface area contributed by atoms with Gasteiger partial charge in [0.1, 0.15) is 0 Å². The highest BCUT2D eigenvalue weighted by Crippen LogP contribution is 2.18. The monoisotopic (exact) mass is 378 g/mol. The van der Waals surface area contributed by atoms with Crippen molar-refractivity contribution in [3.8, 4) is 11.5 Å². The molecule has 1 heterocycles. The average molecular weight is 378 g/mol. The molecule has 1 amide bonds. The van der Waals surface area contributed by atoms with Crippen molar-refractivity contribution in [2.24, 2.45) is 0 Å². The number of amides is 1. The van der Waals surface area contributed by atoms with E-state index in [2.05, 4.69) is 46.3 Å². The maximum absolute atomic E-state index is 12.5. The zero-order valence-electron chi connectivity index (χ0n) is 16.6. The summed E-state index contributed by atoms with van der Waals surface area (Å²) in [5, 5.41) is 6.81. The molecule has 3 aromatic rings. The second-order valence-corrected chi connectivity index (χ2v) is 6.64. The summed E-state index contributed by atoms with van der Waals surface area (Å²) in [6, 6.07) is 15.4. The largest absolute Gasteiger partial charge is 0.348 e. The number of rotatable bonds is 8. The molecule has 0 aliphatic heterocycles. The lowest BCUT2D eigenvalue weighted by Crippen LogP contribution is -2.26. The second kappa shape index (κ2) is 9.28. The molecular formula is C22H26N4O2. The van der Waals surface area contributed by atoms with Gasteiger partial charge in [0.15, 0.2) is 5.82 Å². The molecule has 0 saturated heterocycles. The highest BCUT2D eigenvalue weighted by Gasteiger charge is 2.11. The fraction of sp³-hybridized carbons (Fsp3) is 0.318. The van der Waals surface area contributed by atoms with Crippen molar-refractivity contribution in [3.05, 3.63) is 71.0 Å². The van der Waals surface area contributed by atoms with Crippen molar-refractivity contribution in [2.75, 3.05) is 13.1 Å². The number of nitrogens with one attached hydrogen (secondary N) is 1. The van der Waals surface area contributed by atoms with E-state index in [-0.39, 0.29) is 5.91 Å². The number of benzene rings is 2. The van der Waals surface area contributed by atoms with E-state index in [1.165, 1.54) is 5.56 Å². The summed E-state index contributed by atoms with van der Waals surface area (Å²) in [6.45, 7) is 9.48. The van der Waals surface area contributed by atoms with Crippen LogP contribution >= 0.6 is 0 Å². The fourth-order valence-electron chi connectivity index (χ4n) is 3.03. The smallest absolute Gasteiger partial charge is 0.257 e. The van der Waals surface area contributed by atoms with E-state index >= 15 is 0 Å². The Morgan fingerprint density at radius 2 is 1.71 bits per heavy atom. The van der Waals surface area contributed by atoms with Crippen LogP contribution in [0.4, 0.5) is 0 Å². The van der Waals surface area contributed by atoms with Gasteiger partial charge in [-0.25, -0.2) is 0 Å². The van der Waals surface area contributed by atoms with Crippen LogP contribution in [0.3, 0.4) is 0 Å². The molecule has 6 nitrogen and oxygen atoms in total. The molecule has 1 N–H and O–H groups in total. The molecule has 0 aliphatic carbocycles. The molecule has 2 aromatic carbocycles. The number of hydrogen-bond donors (Lipinski definition) is 1. The van der Waals surface area contributed by atoms with Crippen molar-refractivity contribution in [1.82, 2.24) is 20.4 Å². The summed E-state index contributed by atoms with van der Waals surface area (Å²) in [5.41, 5.74) is 3.78. The Morgan fingerprint density at radius 1 is 1.04 bits per heavy atom. The molecule has 0 radical (unpaired) electrons. The van der Waals surface area contributed by atoms with Crippen LogP contribution in [-0.2, 0) is 13.1 Å². The molecule has 146 valence electrons. The normalized spacial score (nSPS) is 11.0. The van der Waals surface area contributed by atoms with E-state index in [1.54, 1.807) is 19.1 Å². The minimum Gasteiger partial charge on any atom is -0.348 e. The summed E-state index contributed by atoms with van der Waals surface area (Å²) < 4.78 is 5.15. The van der Waals surface area contributed by atoms with Gasteiger partial charge in [-0.2, -0.15) is 4.98 Å². The first-order chi connectivity index (χ1) is 13.6. The van der Waals surface area contributed by atoms with Gasteiger partial charge in [0, 0.05) is 24.2 Å². The predicted molar refractivity (Wildman–Crippen MR) is 109 cm³/mol. The average Bonchev–Trinajstić information content (AvgIpc) is 3.17. The first-order valence-corrected chi connectivity index (χ1v) is 9.58. The molecule has 0 bridgehead atoms. The van der Waals surface area contributed by atoms with Crippen LogP contribution in [0.25, 0.3) is 11.5 Å². The van der Waals surface area contributed by atoms with Gasteiger partial charge in [-0.15, -0.1) is 0 Å². The Bertz CT molecular complexity index is 914. The molecular weight excluding hydrogens is 352 g/mol. The lowest BCUT2D eigenvalue weighted by Gasteiger charge is -2.20. The number of aromatic nitrogens is 2. The Kier molecular flexibility index (Phi) is 6.55. The quantitative estimate of drug-likeness (QED) is 0.645. The first kappa shape index (κ1) is 19.8. The maximum atomic E-state index is 12.5. The predicted octanol–water partition coefficient (Wildman–Crippen LogP) is 3.82. The Morgan fingerprint density at radius 3 is 2.32 bits per heavy atom. The third-order valence-electron chi connectivity index (χ3n) is 4.77. The van der Waals surface area contributed by atoms with Gasteiger partial charge in [-0.05, 0) is 55.4 Å². The fourth-order valence-corrected chi connectivity index (χ4v) is 3.03. The number of aryl methyl sites for hydroxylation is 1. The molecule has 3 rings (SSSR count). The van der Waals surface area contributed by atoms with Gasteiger partial charge >= 0.3 is 0 Å². The van der Waals surface area contributed by atoms with Gasteiger partial charge in [-0.3, -0.25) is 9.69 Å². The van der Waals surface area contributed by atoms with Crippen LogP contribution in [0, 0.1) is 6.92 Å². The van der Waals surface area contributed by atoms with Crippen molar-refractivity contribution >= 4 is 5.91 Å². The third kappa shape index (κ3) is 4.84. The van der Waals surface area contributed by atoms with Crippen LogP contribution in [0.2, 0.25) is 0 Å². The summed E-state index contributed by atoms with van der Waals surface area (Å²) in [4.78, 5) is 19.1. The Balaban J connectivity index is 1.64. The lowest BCUT2D eigenvalue weighted by atomic mass is 10.1. The van der Waals surface area contributed by atoms with Gasteiger partial charge in [-0.1, -0.05) is 43.3 Å². The summed E-state index contributed by atoms with van der Waals surface area (Å²) >= 11 is 0. The number of hydrogen-bond acceptors (Lipinski definition) is 5. The van der Waals surface area contributed by atoms with E-state index in [0.29, 0.717) is 23.8 Å². The highest BCUT2D eigenvalue weighted by molar-refractivity contribution is 5.94. The van der Waals surface area contributed by atoms with Gasteiger partial charge in [0.2, 0.25) is 0 Å². The maximum Gasteiger partial charge on any atom is 0.257 e. The van der Waals surface area contributed by atoms with Crippen LogP contribution in [0.15, 0.2) is 53.1 Å². The van der Waals surface area contributed by atoms with Crippen molar-refractivity contribution in [3.63, 3.8) is 0 Å². The van der Waals surface area contributed by atoms with Gasteiger partial charge in [0.05, 0.1) is 0 Å². The Hall–Kier alpha value is -2.99. The number of carbonyl (C=O) groups is 1. The molecule has 1 aromatic heterocycles. The first-order valence-electron chi connectivity index (χ1n) is 9.58. The topological polar surface area (TPSA) is 71.3 Å². The van der Waals surface area contributed by atoms with E-state index in [0.717, 1.165) is 30.8 Å². The lowest BCUT2D eigenvalue weighted by molar-refractivity contribution is 0.0950. The number of nitrogens with zero attached hydrogens (tertiary/aromatic N) is 3. The van der Waals surface area contributed by atoms with Crippen molar-refractivity contribution in [1.29, 1.82) is 0 Å². The second-order valence-electron chi connectivity index (χ2n) is 6.64. The van der Waals surface area contributed by atoms with Gasteiger partial charge < -0.3 is 9.84 Å². The molecule has 0 spiro atoms.